The quantitative estimate of drug-likeness (QED) is 0.0989. The first-order valence-electron chi connectivity index (χ1n) is 20.4. The smallest absolute Gasteiger partial charge is 0.160 e. The summed E-state index contributed by atoms with van der Waals surface area (Å²) in [5.41, 5.74) is 2.57. The van der Waals surface area contributed by atoms with Crippen LogP contribution >= 0.6 is 0 Å². The van der Waals surface area contributed by atoms with Crippen LogP contribution in [0.1, 0.15) is 131 Å². The zero-order valence-corrected chi connectivity index (χ0v) is 31.7. The highest BCUT2D eigenvalue weighted by Gasteiger charge is 2.48. The van der Waals surface area contributed by atoms with E-state index in [0.29, 0.717) is 67.9 Å². The largest absolute Gasteiger partial charge is 0.508 e. The number of phenolic OH excluding ortho intramolecular Hbond substituents is 2. The molecule has 8 nitrogen and oxygen atoms in total. The topological polar surface area (TPSA) is 136 Å². The molecule has 0 bridgehead atoms. The molecular formula is C46H57NO7. The number of carbonyl (C=O) groups is 2. The van der Waals surface area contributed by atoms with Gasteiger partial charge in [0, 0.05) is 36.8 Å². The molecule has 4 aliphatic rings. The summed E-state index contributed by atoms with van der Waals surface area (Å²) in [6.45, 7) is 0. The summed E-state index contributed by atoms with van der Waals surface area (Å²) in [5.74, 6) is 7.36. The second kappa shape index (κ2) is 16.9. The molecule has 1 aliphatic heterocycles. The number of carbonyl (C=O) groups excluding carboxylic acids is 2. The van der Waals surface area contributed by atoms with Crippen molar-refractivity contribution in [1.29, 1.82) is 0 Å². The lowest BCUT2D eigenvalue weighted by Crippen LogP contribution is -2.63. The molecule has 3 fully saturated rings. The van der Waals surface area contributed by atoms with Crippen LogP contribution in [0, 0.1) is 29.6 Å². The number of hydrogen-bond acceptors (Lipinski definition) is 8. The number of aliphatic hydroxyl groups is 2. The molecule has 0 radical (unpaired) electrons. The summed E-state index contributed by atoms with van der Waals surface area (Å²) in [7, 11) is 1.50. The Morgan fingerprint density at radius 3 is 2.50 bits per heavy atom. The Bertz CT molecular complexity index is 1890. The average Bonchev–Trinajstić information content (AvgIpc) is 3.23. The van der Waals surface area contributed by atoms with Gasteiger partial charge in [0.15, 0.2) is 17.3 Å². The van der Waals surface area contributed by atoms with Gasteiger partial charge in [-0.25, -0.2) is 0 Å². The zero-order chi connectivity index (χ0) is 37.8. The lowest BCUT2D eigenvalue weighted by molar-refractivity contribution is -0.124. The third-order valence-electron chi connectivity index (χ3n) is 13.3. The number of methoxy groups -OCH3 is 1. The number of aliphatic hydroxyl groups excluding tert-OH is 2. The van der Waals surface area contributed by atoms with E-state index >= 15 is 0 Å². The van der Waals surface area contributed by atoms with Gasteiger partial charge in [-0.1, -0.05) is 62.1 Å². The van der Waals surface area contributed by atoms with Crippen molar-refractivity contribution in [3.63, 3.8) is 0 Å². The van der Waals surface area contributed by atoms with Gasteiger partial charge in [-0.2, -0.15) is 0 Å². The second-order valence-corrected chi connectivity index (χ2v) is 16.7. The summed E-state index contributed by atoms with van der Waals surface area (Å²) in [4.78, 5) is 26.0. The van der Waals surface area contributed by atoms with Crippen molar-refractivity contribution in [2.75, 3.05) is 7.11 Å². The highest BCUT2D eigenvalue weighted by Crippen LogP contribution is 2.47. The molecule has 7 rings (SSSR count). The van der Waals surface area contributed by atoms with E-state index in [0.717, 1.165) is 53.1 Å². The van der Waals surface area contributed by atoms with Crippen LogP contribution in [0.5, 0.6) is 17.2 Å². The predicted octanol–water partition coefficient (Wildman–Crippen LogP) is 7.96. The molecule has 7 atom stereocenters. The van der Waals surface area contributed by atoms with Gasteiger partial charge < -0.3 is 30.5 Å². The molecular weight excluding hydrogens is 679 g/mol. The lowest BCUT2D eigenvalue weighted by atomic mass is 9.62. The maximum Gasteiger partial charge on any atom is 0.160 e. The van der Waals surface area contributed by atoms with E-state index in [1.54, 1.807) is 24.3 Å². The van der Waals surface area contributed by atoms with Crippen LogP contribution in [0.3, 0.4) is 0 Å². The summed E-state index contributed by atoms with van der Waals surface area (Å²) >= 11 is 0. The minimum atomic E-state index is -0.876. The van der Waals surface area contributed by atoms with Crippen LogP contribution in [0.25, 0.3) is 10.8 Å². The van der Waals surface area contributed by atoms with E-state index in [1.165, 1.54) is 45.6 Å². The van der Waals surface area contributed by atoms with Crippen molar-refractivity contribution in [3.05, 3.63) is 65.2 Å². The predicted molar refractivity (Wildman–Crippen MR) is 209 cm³/mol. The molecule has 54 heavy (non-hydrogen) atoms. The van der Waals surface area contributed by atoms with Crippen molar-refractivity contribution in [2.45, 2.75) is 139 Å². The molecule has 0 amide bonds. The Balaban J connectivity index is 1.03. The third kappa shape index (κ3) is 8.49. The number of Topliss-reactive ketones (excluding diaryl/α,β-unsaturated/α-hetero) is 2. The van der Waals surface area contributed by atoms with Gasteiger partial charge in [-0.3, -0.25) is 9.59 Å². The zero-order valence-electron chi connectivity index (χ0n) is 31.7. The number of nitrogens with one attached hydrogen (secondary N) is 1. The van der Waals surface area contributed by atoms with Gasteiger partial charge in [0.05, 0.1) is 19.3 Å². The summed E-state index contributed by atoms with van der Waals surface area (Å²) in [5, 5.41) is 49.3. The number of ketones is 2. The molecule has 288 valence electrons. The maximum atomic E-state index is 13.7. The number of benzene rings is 3. The maximum absolute atomic E-state index is 13.7. The van der Waals surface area contributed by atoms with Crippen molar-refractivity contribution in [1.82, 2.24) is 5.32 Å². The van der Waals surface area contributed by atoms with Crippen molar-refractivity contribution >= 4 is 22.3 Å². The number of phenols is 2. The molecule has 1 heterocycles. The van der Waals surface area contributed by atoms with Crippen LogP contribution in [-0.4, -0.2) is 56.8 Å². The molecule has 3 aromatic rings. The van der Waals surface area contributed by atoms with Gasteiger partial charge in [0.1, 0.15) is 17.5 Å². The molecule has 2 saturated carbocycles. The fourth-order valence-corrected chi connectivity index (χ4v) is 10.2. The number of fused-ring (bicyclic) bond motifs is 3. The first-order valence-corrected chi connectivity index (χ1v) is 20.4. The Hall–Kier alpha value is -3.90. The van der Waals surface area contributed by atoms with Gasteiger partial charge in [-0.15, -0.1) is 0 Å². The number of ether oxygens (including phenoxy) is 1. The number of aryl methyl sites for hydroxylation is 1. The molecule has 0 unspecified atom stereocenters. The third-order valence-corrected chi connectivity index (χ3v) is 13.3. The van der Waals surface area contributed by atoms with Gasteiger partial charge in [0.2, 0.25) is 0 Å². The summed E-state index contributed by atoms with van der Waals surface area (Å²) < 4.78 is 5.42. The number of unbranched alkanes of at least 4 members (excludes halogenated alkanes) is 1. The van der Waals surface area contributed by atoms with Gasteiger partial charge >= 0.3 is 0 Å². The molecule has 8 heteroatoms. The van der Waals surface area contributed by atoms with Crippen LogP contribution < -0.4 is 10.1 Å². The molecule has 0 aromatic heterocycles. The van der Waals surface area contributed by atoms with Gasteiger partial charge in [-0.05, 0) is 127 Å². The van der Waals surface area contributed by atoms with Crippen molar-refractivity contribution in [2.24, 2.45) is 17.8 Å². The van der Waals surface area contributed by atoms with Crippen molar-refractivity contribution < 1.29 is 34.8 Å². The molecule has 1 saturated heterocycles. The molecule has 3 aromatic carbocycles. The highest BCUT2D eigenvalue weighted by atomic mass is 16.5. The van der Waals surface area contributed by atoms with Gasteiger partial charge in [0.25, 0.3) is 0 Å². The fourth-order valence-electron chi connectivity index (χ4n) is 10.2. The Kier molecular flexibility index (Phi) is 12.0. The summed E-state index contributed by atoms with van der Waals surface area (Å²) in [6, 6.07) is 14.6. The van der Waals surface area contributed by atoms with E-state index < -0.39 is 18.1 Å². The number of aromatic hydroxyl groups is 2. The normalized spacial score (nSPS) is 26.4. The molecule has 1 spiro atoms. The number of piperidine rings is 1. The monoisotopic (exact) mass is 735 g/mol. The minimum absolute atomic E-state index is 0.000734. The van der Waals surface area contributed by atoms with Crippen LogP contribution in [0.4, 0.5) is 0 Å². The number of hydrogen-bond donors (Lipinski definition) is 5. The lowest BCUT2D eigenvalue weighted by Gasteiger charge is -2.54. The Morgan fingerprint density at radius 1 is 0.889 bits per heavy atom. The number of rotatable bonds is 11. The molecule has 3 aliphatic carbocycles. The SMILES string of the molecule is COc1cc2c(cc1O)[C@H](CC[C@H](O)c1ccc3cc(O)ccc3c1)C#C[C@H]([C@H](O)CCCC[C@@H]1C[C@@H]3CCC(=O)C[C@H]3NC13CCCCC3)C(=O)CC2. The standard InChI is InChI=1S/C46H57NO7/c1-54-45-26-32-15-20-43(52)38(42(51)8-4-3-7-35-24-33-12-17-37(49)27-40(33)47-46(35)21-5-2-6-22-46)18-13-29(39(32)28-44(45)53)14-19-41(50)34-10-9-31-25-36(48)16-11-30(31)23-34/h9-11,16,23,25-26,28-29,33,35,38,40-42,47-48,50-51,53H,2-8,12,14-15,17,19-22,24,27H2,1H3/t29-,33-,35+,38+,40+,41-,42+/m0/s1. The van der Waals surface area contributed by atoms with Crippen LogP contribution in [-0.2, 0) is 16.0 Å². The first kappa shape index (κ1) is 38.4. The van der Waals surface area contributed by atoms with E-state index in [1.807, 2.05) is 24.3 Å². The van der Waals surface area contributed by atoms with Crippen LogP contribution in [0.15, 0.2) is 48.5 Å². The van der Waals surface area contributed by atoms with E-state index in [9.17, 15) is 30.0 Å². The Labute approximate surface area is 319 Å². The summed E-state index contributed by atoms with van der Waals surface area (Å²) in [6.07, 6.45) is 13.0. The van der Waals surface area contributed by atoms with Crippen LogP contribution in [0.2, 0.25) is 0 Å². The fraction of sp³-hybridized carbons (Fsp3) is 0.565. The van der Waals surface area contributed by atoms with Crippen molar-refractivity contribution in [3.8, 4) is 29.1 Å². The second-order valence-electron chi connectivity index (χ2n) is 16.7. The minimum Gasteiger partial charge on any atom is -0.508 e. The first-order chi connectivity index (χ1) is 26.1. The van der Waals surface area contributed by atoms with E-state index in [2.05, 4.69) is 17.2 Å². The highest BCUT2D eigenvalue weighted by molar-refractivity contribution is 5.85. The Morgan fingerprint density at radius 2 is 1.69 bits per heavy atom. The van der Waals surface area contributed by atoms with E-state index in [4.69, 9.17) is 4.74 Å². The van der Waals surface area contributed by atoms with E-state index in [-0.39, 0.29) is 35.2 Å². The average molecular weight is 736 g/mol. The molecule has 5 N–H and O–H groups in total.